The van der Waals surface area contributed by atoms with Gasteiger partial charge in [0, 0.05) is 0 Å². The van der Waals surface area contributed by atoms with Crippen LogP contribution >= 0.6 is 11.8 Å². The Hall–Kier alpha value is -0.750. The molecule has 1 amide bonds. The summed E-state index contributed by atoms with van der Waals surface area (Å²) < 4.78 is 0. The molecule has 17 heavy (non-hydrogen) atoms. The number of hydrogen-bond donors (Lipinski definition) is 2. The molecular weight excluding hydrogens is 236 g/mol. The van der Waals surface area contributed by atoms with E-state index in [1.807, 2.05) is 6.92 Å². The number of amidine groups is 1. The fraction of sp³-hybridized carbons (Fsp3) is 0.818. The minimum atomic E-state index is -0.198. The van der Waals surface area contributed by atoms with Gasteiger partial charge in [-0.3, -0.25) is 10.2 Å². The largest absolute Gasteiger partial charge is 0.286 e. The van der Waals surface area contributed by atoms with Crippen molar-refractivity contribution in [1.82, 2.24) is 15.9 Å². The maximum absolute atomic E-state index is 12.0. The highest BCUT2D eigenvalue weighted by Crippen LogP contribution is 2.35. The Kier molecular flexibility index (Phi) is 2.59. The summed E-state index contributed by atoms with van der Waals surface area (Å²) in [5.74, 6) is 0.894. The molecule has 1 aliphatic carbocycles. The molecule has 2 heterocycles. The van der Waals surface area contributed by atoms with Crippen LogP contribution in [0.15, 0.2) is 5.10 Å². The van der Waals surface area contributed by atoms with E-state index in [1.54, 1.807) is 5.01 Å². The molecule has 1 atom stereocenters. The van der Waals surface area contributed by atoms with Crippen LogP contribution in [0.5, 0.6) is 0 Å². The van der Waals surface area contributed by atoms with Crippen molar-refractivity contribution in [2.45, 2.75) is 50.4 Å². The third-order valence-corrected chi connectivity index (χ3v) is 4.90. The summed E-state index contributed by atoms with van der Waals surface area (Å²) in [5, 5.41) is 6.74. The van der Waals surface area contributed by atoms with Crippen LogP contribution in [0.3, 0.4) is 0 Å². The maximum Gasteiger partial charge on any atom is 0.256 e. The van der Waals surface area contributed by atoms with Gasteiger partial charge in [-0.05, 0) is 38.5 Å². The molecule has 1 saturated carbocycles. The Bertz CT molecular complexity index is 376. The predicted octanol–water partition coefficient (Wildman–Crippen LogP) is 1.24. The minimum absolute atomic E-state index is 0.0271. The molecule has 0 aromatic rings. The lowest BCUT2D eigenvalue weighted by molar-refractivity contribution is -0.131. The number of carbonyl (C=O) groups is 1. The van der Waals surface area contributed by atoms with Crippen LogP contribution in [0, 0.1) is 5.92 Å². The summed E-state index contributed by atoms with van der Waals surface area (Å²) in [4.78, 5) is 12.0. The normalized spacial score (nSPS) is 41.2. The molecule has 1 saturated heterocycles. The first-order valence-corrected chi connectivity index (χ1v) is 7.11. The first-order chi connectivity index (χ1) is 8.10. The quantitative estimate of drug-likeness (QED) is 0.683. The second-order valence-electron chi connectivity index (χ2n) is 5.32. The highest BCUT2D eigenvalue weighted by Gasteiger charge is 2.45. The van der Waals surface area contributed by atoms with Crippen LogP contribution in [0.2, 0.25) is 0 Å². The van der Waals surface area contributed by atoms with E-state index < -0.39 is 0 Å². The van der Waals surface area contributed by atoms with E-state index in [2.05, 4.69) is 22.9 Å². The van der Waals surface area contributed by atoms with Crippen molar-refractivity contribution < 1.29 is 4.79 Å². The smallest absolute Gasteiger partial charge is 0.256 e. The number of hydrazine groups is 1. The lowest BCUT2D eigenvalue weighted by atomic mass is 9.83. The van der Waals surface area contributed by atoms with E-state index in [0.717, 1.165) is 23.9 Å². The van der Waals surface area contributed by atoms with Gasteiger partial charge in [0.1, 0.15) is 5.66 Å². The average Bonchev–Trinajstić information content (AvgIpc) is 2.60. The van der Waals surface area contributed by atoms with Crippen LogP contribution in [-0.2, 0) is 4.79 Å². The molecule has 0 radical (unpaired) electrons. The van der Waals surface area contributed by atoms with Crippen LogP contribution in [-0.4, -0.2) is 27.0 Å². The van der Waals surface area contributed by atoms with Crippen molar-refractivity contribution in [2.24, 2.45) is 11.0 Å². The minimum Gasteiger partial charge on any atom is -0.286 e. The third-order valence-electron chi connectivity index (χ3n) is 3.86. The van der Waals surface area contributed by atoms with Gasteiger partial charge in [-0.15, -0.1) is 0 Å². The van der Waals surface area contributed by atoms with Crippen molar-refractivity contribution >= 4 is 22.8 Å². The Labute approximate surface area is 105 Å². The predicted molar refractivity (Wildman–Crippen MR) is 68.0 cm³/mol. The zero-order chi connectivity index (χ0) is 12.0. The van der Waals surface area contributed by atoms with Crippen molar-refractivity contribution in [2.75, 3.05) is 0 Å². The van der Waals surface area contributed by atoms with E-state index in [0.29, 0.717) is 0 Å². The van der Waals surface area contributed by atoms with Crippen LogP contribution < -0.4 is 10.9 Å². The highest BCUT2D eigenvalue weighted by molar-refractivity contribution is 8.15. The SMILES string of the molecule is CC1CCC2(CC1)NN=C1S[C@@H](C)C(=O)N1N2. The Morgan fingerprint density at radius 2 is 2.12 bits per heavy atom. The van der Waals surface area contributed by atoms with Crippen LogP contribution in [0.4, 0.5) is 0 Å². The second kappa shape index (κ2) is 3.88. The molecule has 3 rings (SSSR count). The summed E-state index contributed by atoms with van der Waals surface area (Å²) in [5.41, 5.74) is 6.38. The van der Waals surface area contributed by atoms with Gasteiger partial charge in [0.05, 0.1) is 5.25 Å². The number of amides is 1. The van der Waals surface area contributed by atoms with E-state index in [9.17, 15) is 4.79 Å². The molecular formula is C11H18N4OS. The van der Waals surface area contributed by atoms with Gasteiger partial charge in [-0.2, -0.15) is 10.5 Å². The number of nitrogens with one attached hydrogen (secondary N) is 2. The molecule has 0 unspecified atom stereocenters. The van der Waals surface area contributed by atoms with Gasteiger partial charge in [-0.1, -0.05) is 18.7 Å². The van der Waals surface area contributed by atoms with Gasteiger partial charge in [-0.25, -0.2) is 5.01 Å². The molecule has 5 nitrogen and oxygen atoms in total. The molecule has 3 aliphatic rings. The summed E-state index contributed by atoms with van der Waals surface area (Å²) in [7, 11) is 0. The Morgan fingerprint density at radius 1 is 1.41 bits per heavy atom. The van der Waals surface area contributed by atoms with Gasteiger partial charge in [0.2, 0.25) is 5.17 Å². The average molecular weight is 254 g/mol. The first-order valence-electron chi connectivity index (χ1n) is 6.23. The van der Waals surface area contributed by atoms with Crippen LogP contribution in [0.1, 0.15) is 39.5 Å². The maximum atomic E-state index is 12.0. The second-order valence-corrected chi connectivity index (χ2v) is 6.62. The summed E-state index contributed by atoms with van der Waals surface area (Å²) in [6.45, 7) is 4.20. The standard InChI is InChI=1S/C11H18N4OS/c1-7-3-5-11(6-4-7)13-12-10-15(14-11)9(16)8(2)17-10/h7-8,13-14H,3-6H2,1-2H3/t7?,8-,11?/m0/s1. The molecule has 0 aromatic heterocycles. The van der Waals surface area contributed by atoms with Crippen molar-refractivity contribution in [1.29, 1.82) is 0 Å². The molecule has 6 heteroatoms. The summed E-state index contributed by atoms with van der Waals surface area (Å²) in [6, 6.07) is 0. The first kappa shape index (κ1) is 11.3. The number of hydrogen-bond acceptors (Lipinski definition) is 5. The zero-order valence-corrected chi connectivity index (χ0v) is 11.0. The number of rotatable bonds is 0. The van der Waals surface area contributed by atoms with Gasteiger partial charge < -0.3 is 0 Å². The van der Waals surface area contributed by atoms with E-state index >= 15 is 0 Å². The lowest BCUT2D eigenvalue weighted by Gasteiger charge is -2.44. The fourth-order valence-electron chi connectivity index (χ4n) is 2.59. The van der Waals surface area contributed by atoms with Gasteiger partial charge in [0.25, 0.3) is 5.91 Å². The van der Waals surface area contributed by atoms with E-state index in [-0.39, 0.29) is 16.8 Å². The third kappa shape index (κ3) is 1.83. The number of hydrazone groups is 1. The van der Waals surface area contributed by atoms with Crippen molar-refractivity contribution in [3.8, 4) is 0 Å². The highest BCUT2D eigenvalue weighted by atomic mass is 32.2. The molecule has 2 fully saturated rings. The molecule has 1 spiro atoms. The molecule has 0 bridgehead atoms. The summed E-state index contributed by atoms with van der Waals surface area (Å²) >= 11 is 1.51. The van der Waals surface area contributed by atoms with Gasteiger partial charge in [0.15, 0.2) is 0 Å². The number of thioether (sulfide) groups is 1. The fourth-order valence-corrected chi connectivity index (χ4v) is 3.45. The molecule has 0 aromatic carbocycles. The zero-order valence-electron chi connectivity index (χ0n) is 10.2. The monoisotopic (exact) mass is 254 g/mol. The Morgan fingerprint density at radius 3 is 2.82 bits per heavy atom. The molecule has 94 valence electrons. The Balaban J connectivity index is 1.79. The number of carbonyl (C=O) groups excluding carboxylic acids is 1. The lowest BCUT2D eigenvalue weighted by Crippen LogP contribution is -2.67. The number of fused-ring (bicyclic) bond motifs is 1. The van der Waals surface area contributed by atoms with Crippen molar-refractivity contribution in [3.63, 3.8) is 0 Å². The van der Waals surface area contributed by atoms with Gasteiger partial charge >= 0.3 is 0 Å². The molecule has 2 N–H and O–H groups in total. The van der Waals surface area contributed by atoms with E-state index in [4.69, 9.17) is 0 Å². The summed E-state index contributed by atoms with van der Waals surface area (Å²) in [6.07, 6.45) is 4.40. The number of nitrogens with zero attached hydrogens (tertiary/aromatic N) is 2. The topological polar surface area (TPSA) is 56.7 Å². The molecule has 2 aliphatic heterocycles. The van der Waals surface area contributed by atoms with Crippen LogP contribution in [0.25, 0.3) is 0 Å². The van der Waals surface area contributed by atoms with Crippen molar-refractivity contribution in [3.05, 3.63) is 0 Å². The van der Waals surface area contributed by atoms with E-state index in [1.165, 1.54) is 24.6 Å².